The van der Waals surface area contributed by atoms with Crippen LogP contribution in [0.3, 0.4) is 0 Å². The second kappa shape index (κ2) is 12.7. The van der Waals surface area contributed by atoms with Crippen LogP contribution in [-0.4, -0.2) is 55.4 Å². The summed E-state index contributed by atoms with van der Waals surface area (Å²) in [6.07, 6.45) is 0. The predicted octanol–water partition coefficient (Wildman–Crippen LogP) is 1.52. The van der Waals surface area contributed by atoms with Crippen molar-refractivity contribution in [3.8, 4) is 11.5 Å². The molecule has 0 aromatic heterocycles. The predicted molar refractivity (Wildman–Crippen MR) is 105 cm³/mol. The topological polar surface area (TPSA) is 134 Å². The standard InChI is InChI=1S/C18H21FN2O3.C2H2O4/c1-23-14-7-8-17(24-2)13(11-14)12-20-9-10-21-18(22)15-5-3-4-6-16(15)19;3-1(4)2(5)6/h3-8,11,20H,9-10,12H2,1-2H3,(H,21,22);(H,3,4)(H,5,6). The summed E-state index contributed by atoms with van der Waals surface area (Å²) < 4.78 is 24.0. The molecule has 0 saturated carbocycles. The van der Waals surface area contributed by atoms with Gasteiger partial charge in [0.25, 0.3) is 5.91 Å². The first-order chi connectivity index (χ1) is 14.3. The molecule has 0 aliphatic heterocycles. The third-order valence-corrected chi connectivity index (χ3v) is 3.69. The van der Waals surface area contributed by atoms with Gasteiger partial charge in [-0.3, -0.25) is 4.79 Å². The zero-order valence-corrected chi connectivity index (χ0v) is 16.5. The zero-order valence-electron chi connectivity index (χ0n) is 16.5. The highest BCUT2D eigenvalue weighted by Crippen LogP contribution is 2.23. The molecule has 9 nitrogen and oxygen atoms in total. The van der Waals surface area contributed by atoms with E-state index in [2.05, 4.69) is 10.6 Å². The summed E-state index contributed by atoms with van der Waals surface area (Å²) in [7, 11) is 3.22. The van der Waals surface area contributed by atoms with E-state index in [4.69, 9.17) is 29.3 Å². The summed E-state index contributed by atoms with van der Waals surface area (Å²) in [5.41, 5.74) is 1.00. The van der Waals surface area contributed by atoms with Crippen molar-refractivity contribution in [1.82, 2.24) is 10.6 Å². The van der Waals surface area contributed by atoms with Crippen molar-refractivity contribution < 1.29 is 38.5 Å². The van der Waals surface area contributed by atoms with Gasteiger partial charge in [0.1, 0.15) is 17.3 Å². The number of methoxy groups -OCH3 is 2. The molecule has 2 aromatic rings. The van der Waals surface area contributed by atoms with E-state index in [0.29, 0.717) is 19.6 Å². The SMILES string of the molecule is COc1ccc(OC)c(CNCCNC(=O)c2ccccc2F)c1.O=C(O)C(=O)O. The maximum absolute atomic E-state index is 13.5. The lowest BCUT2D eigenvalue weighted by Gasteiger charge is -2.12. The van der Waals surface area contributed by atoms with Gasteiger partial charge in [0, 0.05) is 25.2 Å². The van der Waals surface area contributed by atoms with E-state index in [9.17, 15) is 9.18 Å². The Labute approximate surface area is 172 Å². The van der Waals surface area contributed by atoms with Crippen LogP contribution in [0.2, 0.25) is 0 Å². The first-order valence-corrected chi connectivity index (χ1v) is 8.70. The largest absolute Gasteiger partial charge is 0.497 e. The highest BCUT2D eigenvalue weighted by atomic mass is 19.1. The molecule has 0 atom stereocenters. The Hall–Kier alpha value is -3.66. The molecule has 0 heterocycles. The van der Waals surface area contributed by atoms with Crippen molar-refractivity contribution in [2.45, 2.75) is 6.54 Å². The van der Waals surface area contributed by atoms with Gasteiger partial charge in [-0.25, -0.2) is 14.0 Å². The molecule has 162 valence electrons. The molecule has 10 heteroatoms. The minimum absolute atomic E-state index is 0.0481. The van der Waals surface area contributed by atoms with Gasteiger partial charge < -0.3 is 30.3 Å². The Kier molecular flexibility index (Phi) is 10.3. The Morgan fingerprint density at radius 3 is 2.20 bits per heavy atom. The number of aliphatic carboxylic acids is 2. The molecule has 0 radical (unpaired) electrons. The average molecular weight is 422 g/mol. The molecule has 4 N–H and O–H groups in total. The number of hydrogen-bond donors (Lipinski definition) is 4. The van der Waals surface area contributed by atoms with Crippen LogP contribution in [0.1, 0.15) is 15.9 Å². The van der Waals surface area contributed by atoms with Crippen LogP contribution in [0.25, 0.3) is 0 Å². The lowest BCUT2D eigenvalue weighted by Crippen LogP contribution is -2.32. The number of nitrogens with one attached hydrogen (secondary N) is 2. The van der Waals surface area contributed by atoms with Crippen molar-refractivity contribution in [3.05, 3.63) is 59.4 Å². The summed E-state index contributed by atoms with van der Waals surface area (Å²) in [4.78, 5) is 30.1. The molecule has 1 amide bonds. The molecule has 0 bridgehead atoms. The smallest absolute Gasteiger partial charge is 0.414 e. The minimum atomic E-state index is -1.82. The number of carbonyl (C=O) groups is 3. The van der Waals surface area contributed by atoms with Crippen molar-refractivity contribution in [3.63, 3.8) is 0 Å². The van der Waals surface area contributed by atoms with Gasteiger partial charge in [-0.1, -0.05) is 12.1 Å². The fourth-order valence-corrected chi connectivity index (χ4v) is 2.25. The van der Waals surface area contributed by atoms with Crippen LogP contribution < -0.4 is 20.1 Å². The molecule has 30 heavy (non-hydrogen) atoms. The number of hydrogen-bond acceptors (Lipinski definition) is 6. The molecule has 0 unspecified atom stereocenters. The summed E-state index contributed by atoms with van der Waals surface area (Å²) >= 11 is 0. The molecule has 2 rings (SSSR count). The summed E-state index contributed by atoms with van der Waals surface area (Å²) in [6.45, 7) is 1.50. The normalized spacial score (nSPS) is 9.70. The third kappa shape index (κ3) is 8.15. The molecule has 0 aliphatic rings. The number of ether oxygens (including phenoxy) is 2. The quantitative estimate of drug-likeness (QED) is 0.372. The number of rotatable bonds is 8. The van der Waals surface area contributed by atoms with Gasteiger partial charge in [-0.2, -0.15) is 0 Å². The number of carboxylic acids is 2. The van der Waals surface area contributed by atoms with Crippen LogP contribution in [0.15, 0.2) is 42.5 Å². The number of carboxylic acid groups (broad SMARTS) is 2. The van der Waals surface area contributed by atoms with Gasteiger partial charge in [0.15, 0.2) is 0 Å². The first-order valence-electron chi connectivity index (χ1n) is 8.70. The van der Waals surface area contributed by atoms with E-state index in [1.807, 2.05) is 18.2 Å². The summed E-state index contributed by atoms with van der Waals surface area (Å²) in [6, 6.07) is 11.5. The fourth-order valence-electron chi connectivity index (χ4n) is 2.25. The van der Waals surface area contributed by atoms with E-state index in [0.717, 1.165) is 17.1 Å². The maximum Gasteiger partial charge on any atom is 0.414 e. The van der Waals surface area contributed by atoms with Crippen molar-refractivity contribution in [2.24, 2.45) is 0 Å². The van der Waals surface area contributed by atoms with E-state index in [1.165, 1.54) is 12.1 Å². The molecule has 0 fully saturated rings. The number of amides is 1. The lowest BCUT2D eigenvalue weighted by atomic mass is 10.2. The van der Waals surface area contributed by atoms with Gasteiger partial charge >= 0.3 is 11.9 Å². The number of carbonyl (C=O) groups excluding carboxylic acids is 1. The van der Waals surface area contributed by atoms with E-state index in [1.54, 1.807) is 26.4 Å². The first kappa shape index (κ1) is 24.4. The highest BCUT2D eigenvalue weighted by Gasteiger charge is 2.10. The molecule has 0 aliphatic carbocycles. The van der Waals surface area contributed by atoms with E-state index in [-0.39, 0.29) is 5.56 Å². The third-order valence-electron chi connectivity index (χ3n) is 3.69. The lowest BCUT2D eigenvalue weighted by molar-refractivity contribution is -0.159. The molecule has 2 aromatic carbocycles. The van der Waals surface area contributed by atoms with E-state index >= 15 is 0 Å². The van der Waals surface area contributed by atoms with E-state index < -0.39 is 23.7 Å². The molecular weight excluding hydrogens is 399 g/mol. The van der Waals surface area contributed by atoms with Crippen LogP contribution >= 0.6 is 0 Å². The van der Waals surface area contributed by atoms with Gasteiger partial charge in [-0.05, 0) is 30.3 Å². The Morgan fingerprint density at radius 1 is 0.967 bits per heavy atom. The fraction of sp³-hybridized carbons (Fsp3) is 0.250. The van der Waals surface area contributed by atoms with Crippen LogP contribution in [0.4, 0.5) is 4.39 Å². The Bertz CT molecular complexity index is 862. The van der Waals surface area contributed by atoms with Crippen molar-refractivity contribution in [1.29, 1.82) is 0 Å². The summed E-state index contributed by atoms with van der Waals surface area (Å²) in [5, 5.41) is 20.7. The monoisotopic (exact) mass is 422 g/mol. The van der Waals surface area contributed by atoms with Gasteiger partial charge in [0.2, 0.25) is 0 Å². The van der Waals surface area contributed by atoms with Crippen LogP contribution in [0, 0.1) is 5.82 Å². The second-order valence-corrected chi connectivity index (χ2v) is 5.70. The summed E-state index contributed by atoms with van der Waals surface area (Å²) in [5.74, 6) is -3.08. The number of benzene rings is 2. The van der Waals surface area contributed by atoms with Crippen LogP contribution in [0.5, 0.6) is 11.5 Å². The van der Waals surface area contributed by atoms with Gasteiger partial charge in [-0.15, -0.1) is 0 Å². The highest BCUT2D eigenvalue weighted by molar-refractivity contribution is 6.27. The zero-order chi connectivity index (χ0) is 22.5. The Morgan fingerprint density at radius 2 is 1.63 bits per heavy atom. The Balaban J connectivity index is 0.000000656. The van der Waals surface area contributed by atoms with Crippen molar-refractivity contribution >= 4 is 17.8 Å². The van der Waals surface area contributed by atoms with Crippen LogP contribution in [-0.2, 0) is 16.1 Å². The number of halogens is 1. The van der Waals surface area contributed by atoms with Gasteiger partial charge in [0.05, 0.1) is 19.8 Å². The molecule has 0 spiro atoms. The minimum Gasteiger partial charge on any atom is -0.497 e. The maximum atomic E-state index is 13.5. The average Bonchev–Trinajstić information content (AvgIpc) is 2.73. The molecular formula is C20H23FN2O7. The second-order valence-electron chi connectivity index (χ2n) is 5.70. The van der Waals surface area contributed by atoms with Crippen molar-refractivity contribution in [2.75, 3.05) is 27.3 Å². The molecule has 0 saturated heterocycles.